The van der Waals surface area contributed by atoms with Crippen LogP contribution in [0.2, 0.25) is 5.02 Å². The van der Waals surface area contributed by atoms with Crippen molar-refractivity contribution in [2.24, 2.45) is 0 Å². The Kier molecular flexibility index (Phi) is 4.49. The maximum Gasteiger partial charge on any atom is 0.262 e. The molecule has 0 saturated carbocycles. The average Bonchev–Trinajstić information content (AvgIpc) is 2.18. The van der Waals surface area contributed by atoms with Crippen LogP contribution in [0.3, 0.4) is 0 Å². The molecule has 0 aliphatic heterocycles. The molecule has 0 radical (unpaired) electrons. The lowest BCUT2D eigenvalue weighted by Crippen LogP contribution is -2.16. The molecule has 14 heavy (non-hydrogen) atoms. The molecule has 0 aromatic heterocycles. The van der Waals surface area contributed by atoms with Gasteiger partial charge >= 0.3 is 0 Å². The van der Waals surface area contributed by atoms with Gasteiger partial charge in [-0.15, -0.1) is 0 Å². The fourth-order valence-corrected chi connectivity index (χ4v) is 1.46. The molecule has 0 atom stereocenters. The third kappa shape index (κ3) is 3.05. The lowest BCUT2D eigenvalue weighted by Gasteiger charge is -2.03. The highest BCUT2D eigenvalue weighted by atomic mass is 35.5. The fraction of sp³-hybridized carbons (Fsp3) is 0.111. The highest BCUT2D eigenvalue weighted by Gasteiger charge is 2.08. The summed E-state index contributed by atoms with van der Waals surface area (Å²) in [4.78, 5) is 21.4. The molecular weight excluding hydrogens is 222 g/mol. The van der Waals surface area contributed by atoms with Crippen LogP contribution in [0, 0.1) is 0 Å². The van der Waals surface area contributed by atoms with E-state index in [4.69, 9.17) is 11.6 Å². The van der Waals surface area contributed by atoms with Crippen molar-refractivity contribution in [2.45, 2.75) is 0 Å². The average molecular weight is 230 g/mol. The fourth-order valence-electron chi connectivity index (χ4n) is 0.842. The van der Waals surface area contributed by atoms with Crippen molar-refractivity contribution in [3.63, 3.8) is 0 Å². The molecule has 0 aliphatic carbocycles. The molecule has 1 N–H and O–H groups in total. The quantitative estimate of drug-likeness (QED) is 0.488. The molecule has 5 heteroatoms. The van der Waals surface area contributed by atoms with Crippen molar-refractivity contribution in [2.75, 3.05) is 5.75 Å². The largest absolute Gasteiger partial charge is 0.302 e. The first-order valence-electron chi connectivity index (χ1n) is 3.86. The summed E-state index contributed by atoms with van der Waals surface area (Å²) in [5, 5.41) is 0.400. The first-order valence-corrected chi connectivity index (χ1v) is 5.22. The monoisotopic (exact) mass is 229 g/mol. The molecule has 0 saturated heterocycles. The predicted octanol–water partition coefficient (Wildman–Crippen LogP) is 1.92. The van der Waals surface area contributed by atoms with Crippen molar-refractivity contribution < 1.29 is 9.59 Å². The Labute approximate surface area is 91.0 Å². The van der Waals surface area contributed by atoms with Gasteiger partial charge in [0.2, 0.25) is 0 Å². The molecule has 0 heterocycles. The number of amides is 1. The Morgan fingerprint density at radius 1 is 1.50 bits per heavy atom. The van der Waals surface area contributed by atoms with Gasteiger partial charge in [0.15, 0.2) is 0 Å². The van der Waals surface area contributed by atoms with Crippen molar-refractivity contribution >= 4 is 35.7 Å². The number of carbonyl (C=O) groups is 2. The SMILES string of the molecule is O=CCSNC(=O)c1ccccc1Cl. The zero-order valence-electron chi connectivity index (χ0n) is 7.20. The molecule has 0 fully saturated rings. The Balaban J connectivity index is 2.60. The minimum absolute atomic E-state index is 0.232. The summed E-state index contributed by atoms with van der Waals surface area (Å²) in [7, 11) is 0. The number of carbonyl (C=O) groups excluding carboxylic acids is 2. The van der Waals surface area contributed by atoms with E-state index in [9.17, 15) is 9.59 Å². The molecule has 3 nitrogen and oxygen atoms in total. The van der Waals surface area contributed by atoms with E-state index in [1.165, 1.54) is 0 Å². The number of aldehydes is 1. The second-order valence-electron chi connectivity index (χ2n) is 2.39. The van der Waals surface area contributed by atoms with Gasteiger partial charge in [-0.25, -0.2) is 0 Å². The van der Waals surface area contributed by atoms with Crippen LogP contribution in [0.25, 0.3) is 0 Å². The number of halogens is 1. The van der Waals surface area contributed by atoms with Gasteiger partial charge in [-0.1, -0.05) is 23.7 Å². The number of benzene rings is 1. The summed E-state index contributed by atoms with van der Waals surface area (Å²) >= 11 is 6.83. The lowest BCUT2D eigenvalue weighted by molar-refractivity contribution is -0.105. The highest BCUT2D eigenvalue weighted by molar-refractivity contribution is 7.98. The molecule has 0 spiro atoms. The maximum atomic E-state index is 11.4. The summed E-state index contributed by atoms with van der Waals surface area (Å²) < 4.78 is 2.50. The van der Waals surface area contributed by atoms with Gasteiger partial charge in [0.25, 0.3) is 5.91 Å². The van der Waals surface area contributed by atoms with E-state index in [1.807, 2.05) is 0 Å². The van der Waals surface area contributed by atoms with E-state index < -0.39 is 0 Å². The van der Waals surface area contributed by atoms with Crippen LogP contribution >= 0.6 is 23.5 Å². The number of rotatable bonds is 4. The molecular formula is C9H8ClNO2S. The third-order valence-electron chi connectivity index (χ3n) is 1.43. The Bertz CT molecular complexity index is 343. The smallest absolute Gasteiger partial charge is 0.262 e. The van der Waals surface area contributed by atoms with Crippen LogP contribution in [0.5, 0.6) is 0 Å². The lowest BCUT2D eigenvalue weighted by atomic mass is 10.2. The van der Waals surface area contributed by atoms with Gasteiger partial charge in [-0.05, 0) is 24.1 Å². The Hall–Kier alpha value is -1.00. The molecule has 1 aromatic carbocycles. The van der Waals surface area contributed by atoms with Crippen molar-refractivity contribution in [1.82, 2.24) is 4.72 Å². The highest BCUT2D eigenvalue weighted by Crippen LogP contribution is 2.15. The first kappa shape index (κ1) is 11.1. The van der Waals surface area contributed by atoms with Gasteiger partial charge in [0, 0.05) is 0 Å². The van der Waals surface area contributed by atoms with E-state index in [0.29, 0.717) is 10.6 Å². The minimum Gasteiger partial charge on any atom is -0.302 e. The van der Waals surface area contributed by atoms with Crippen LogP contribution in [0.4, 0.5) is 0 Å². The normalized spacial score (nSPS) is 9.50. The molecule has 1 amide bonds. The van der Waals surface area contributed by atoms with Gasteiger partial charge in [0.1, 0.15) is 6.29 Å². The summed E-state index contributed by atoms with van der Waals surface area (Å²) in [5.74, 6) is -0.0571. The van der Waals surface area contributed by atoms with Crippen molar-refractivity contribution in [1.29, 1.82) is 0 Å². The Morgan fingerprint density at radius 2 is 2.21 bits per heavy atom. The van der Waals surface area contributed by atoms with Crippen LogP contribution in [-0.2, 0) is 4.79 Å². The molecule has 74 valence electrons. The zero-order chi connectivity index (χ0) is 10.4. The molecule has 0 aliphatic rings. The number of hydrogen-bond donors (Lipinski definition) is 1. The minimum atomic E-state index is -0.289. The number of hydrogen-bond acceptors (Lipinski definition) is 3. The molecule has 0 unspecified atom stereocenters. The van der Waals surface area contributed by atoms with E-state index >= 15 is 0 Å². The van der Waals surface area contributed by atoms with Crippen LogP contribution < -0.4 is 4.72 Å². The second-order valence-corrected chi connectivity index (χ2v) is 3.62. The first-order chi connectivity index (χ1) is 6.75. The van der Waals surface area contributed by atoms with Gasteiger partial charge < -0.3 is 4.79 Å². The Morgan fingerprint density at radius 3 is 2.86 bits per heavy atom. The van der Waals surface area contributed by atoms with Crippen LogP contribution in [0.1, 0.15) is 10.4 Å². The van der Waals surface area contributed by atoms with Crippen LogP contribution in [0.15, 0.2) is 24.3 Å². The van der Waals surface area contributed by atoms with Gasteiger partial charge in [-0.2, -0.15) is 0 Å². The molecule has 1 rings (SSSR count). The second kappa shape index (κ2) is 5.67. The van der Waals surface area contributed by atoms with Crippen molar-refractivity contribution in [3.8, 4) is 0 Å². The van der Waals surface area contributed by atoms with Crippen LogP contribution in [-0.4, -0.2) is 17.9 Å². The zero-order valence-corrected chi connectivity index (χ0v) is 8.77. The summed E-state index contributed by atoms with van der Waals surface area (Å²) in [5.41, 5.74) is 0.410. The third-order valence-corrected chi connectivity index (χ3v) is 2.40. The topological polar surface area (TPSA) is 46.2 Å². The predicted molar refractivity (Wildman–Crippen MR) is 57.4 cm³/mol. The summed E-state index contributed by atoms with van der Waals surface area (Å²) in [6, 6.07) is 6.74. The van der Waals surface area contributed by atoms with E-state index in [-0.39, 0.29) is 11.7 Å². The number of nitrogens with one attached hydrogen (secondary N) is 1. The summed E-state index contributed by atoms with van der Waals surface area (Å²) in [6.07, 6.45) is 0.720. The van der Waals surface area contributed by atoms with E-state index in [0.717, 1.165) is 18.2 Å². The summed E-state index contributed by atoms with van der Waals surface area (Å²) in [6.45, 7) is 0. The maximum absolute atomic E-state index is 11.4. The van der Waals surface area contributed by atoms with Gasteiger partial charge in [-0.3, -0.25) is 9.52 Å². The molecule has 1 aromatic rings. The van der Waals surface area contributed by atoms with E-state index in [1.54, 1.807) is 24.3 Å². The van der Waals surface area contributed by atoms with Crippen molar-refractivity contribution in [3.05, 3.63) is 34.9 Å². The standard InChI is InChI=1S/C9H8ClNO2S/c10-8-4-2-1-3-7(8)9(13)11-14-6-5-12/h1-5H,6H2,(H,11,13). The van der Waals surface area contributed by atoms with E-state index in [2.05, 4.69) is 4.72 Å². The molecule has 0 bridgehead atoms. The van der Waals surface area contributed by atoms with Gasteiger partial charge in [0.05, 0.1) is 16.3 Å².